The Bertz CT molecular complexity index is 484. The maximum absolute atomic E-state index is 10.2. The van der Waals surface area contributed by atoms with E-state index in [0.29, 0.717) is 5.69 Å². The van der Waals surface area contributed by atoms with Crippen LogP contribution in [0.3, 0.4) is 0 Å². The van der Waals surface area contributed by atoms with Crippen molar-refractivity contribution in [2.24, 2.45) is 7.05 Å². The highest BCUT2D eigenvalue weighted by Crippen LogP contribution is 2.22. The zero-order chi connectivity index (χ0) is 11.7. The fourth-order valence-electron chi connectivity index (χ4n) is 1.88. The molecule has 0 saturated heterocycles. The molecule has 84 valence electrons. The highest BCUT2D eigenvalue weighted by Gasteiger charge is 2.15. The molecule has 1 unspecified atom stereocenters. The van der Waals surface area contributed by atoms with Gasteiger partial charge in [-0.25, -0.2) is 4.68 Å². The van der Waals surface area contributed by atoms with Gasteiger partial charge in [-0.1, -0.05) is 34.5 Å². The Hall–Kier alpha value is -1.68. The molecule has 1 heterocycles. The van der Waals surface area contributed by atoms with Crippen LogP contribution >= 0.6 is 0 Å². The van der Waals surface area contributed by atoms with Gasteiger partial charge in [0.05, 0.1) is 11.9 Å². The molecular formula is C12H15N3O. The van der Waals surface area contributed by atoms with E-state index in [0.717, 1.165) is 16.7 Å². The van der Waals surface area contributed by atoms with Crippen molar-refractivity contribution in [2.45, 2.75) is 20.0 Å². The van der Waals surface area contributed by atoms with Crippen LogP contribution in [0.5, 0.6) is 0 Å². The van der Waals surface area contributed by atoms with Crippen LogP contribution in [0.25, 0.3) is 0 Å². The van der Waals surface area contributed by atoms with Crippen LogP contribution in [0, 0.1) is 13.8 Å². The Morgan fingerprint density at radius 3 is 2.31 bits per heavy atom. The molecule has 1 atom stereocenters. The zero-order valence-corrected chi connectivity index (χ0v) is 9.68. The minimum atomic E-state index is -0.668. The predicted molar refractivity (Wildman–Crippen MR) is 61.0 cm³/mol. The molecule has 0 amide bonds. The summed E-state index contributed by atoms with van der Waals surface area (Å²) in [6.07, 6.45) is 0.918. The quantitative estimate of drug-likeness (QED) is 0.829. The summed E-state index contributed by atoms with van der Waals surface area (Å²) in [5.41, 5.74) is 3.86. The summed E-state index contributed by atoms with van der Waals surface area (Å²) < 4.78 is 1.59. The molecule has 2 aromatic rings. The standard InChI is InChI=1S/C12H15N3O/c1-8-4-9(2)6-10(5-8)12(16)11-7-13-14-15(11)3/h4-7,12,16H,1-3H3. The van der Waals surface area contributed by atoms with E-state index in [-0.39, 0.29) is 0 Å². The molecule has 16 heavy (non-hydrogen) atoms. The molecule has 0 saturated carbocycles. The van der Waals surface area contributed by atoms with Gasteiger partial charge in [0.25, 0.3) is 0 Å². The lowest BCUT2D eigenvalue weighted by atomic mass is 10.0. The minimum absolute atomic E-state index is 0.668. The van der Waals surface area contributed by atoms with Gasteiger partial charge in [-0.3, -0.25) is 0 Å². The summed E-state index contributed by atoms with van der Waals surface area (Å²) >= 11 is 0. The highest BCUT2D eigenvalue weighted by molar-refractivity contribution is 5.33. The molecule has 0 aliphatic heterocycles. The first-order chi connectivity index (χ1) is 7.58. The average molecular weight is 217 g/mol. The number of benzene rings is 1. The van der Waals surface area contributed by atoms with Gasteiger partial charge in [-0.2, -0.15) is 0 Å². The molecule has 2 rings (SSSR count). The van der Waals surface area contributed by atoms with Crippen LogP contribution in [0.1, 0.15) is 28.5 Å². The molecule has 0 radical (unpaired) electrons. The molecule has 0 spiro atoms. The van der Waals surface area contributed by atoms with Crippen molar-refractivity contribution in [3.8, 4) is 0 Å². The normalized spacial score (nSPS) is 12.8. The number of aryl methyl sites for hydroxylation is 3. The molecule has 4 nitrogen and oxygen atoms in total. The third-order valence-electron chi connectivity index (χ3n) is 2.59. The van der Waals surface area contributed by atoms with Gasteiger partial charge in [0.1, 0.15) is 6.10 Å². The summed E-state index contributed by atoms with van der Waals surface area (Å²) in [7, 11) is 1.77. The second-order valence-electron chi connectivity index (χ2n) is 4.11. The fraction of sp³-hybridized carbons (Fsp3) is 0.333. The number of rotatable bonds is 2. The third-order valence-corrected chi connectivity index (χ3v) is 2.59. The lowest BCUT2D eigenvalue weighted by Gasteiger charge is -2.12. The van der Waals surface area contributed by atoms with Crippen molar-refractivity contribution in [3.05, 3.63) is 46.8 Å². The average Bonchev–Trinajstić information content (AvgIpc) is 2.62. The Balaban J connectivity index is 2.41. The monoisotopic (exact) mass is 217 g/mol. The van der Waals surface area contributed by atoms with Crippen molar-refractivity contribution in [1.29, 1.82) is 0 Å². The molecule has 1 aromatic carbocycles. The maximum Gasteiger partial charge on any atom is 0.122 e. The van der Waals surface area contributed by atoms with Crippen LogP contribution in [0.2, 0.25) is 0 Å². The Morgan fingerprint density at radius 1 is 1.19 bits per heavy atom. The number of hydrogen-bond acceptors (Lipinski definition) is 3. The van der Waals surface area contributed by atoms with Crippen molar-refractivity contribution in [3.63, 3.8) is 0 Å². The van der Waals surface area contributed by atoms with Gasteiger partial charge >= 0.3 is 0 Å². The first-order valence-corrected chi connectivity index (χ1v) is 5.19. The van der Waals surface area contributed by atoms with Crippen LogP contribution in [-0.2, 0) is 7.05 Å². The molecule has 1 aromatic heterocycles. The Labute approximate surface area is 94.5 Å². The van der Waals surface area contributed by atoms with Gasteiger partial charge in [-0.15, -0.1) is 5.10 Å². The van der Waals surface area contributed by atoms with Gasteiger partial charge in [-0.05, 0) is 19.4 Å². The fourth-order valence-corrected chi connectivity index (χ4v) is 1.88. The molecule has 0 aliphatic carbocycles. The van der Waals surface area contributed by atoms with E-state index in [2.05, 4.69) is 16.4 Å². The number of hydrogen-bond donors (Lipinski definition) is 1. The van der Waals surface area contributed by atoms with Crippen molar-refractivity contribution in [1.82, 2.24) is 15.0 Å². The van der Waals surface area contributed by atoms with E-state index in [1.165, 1.54) is 0 Å². The molecule has 0 bridgehead atoms. The van der Waals surface area contributed by atoms with E-state index in [1.54, 1.807) is 17.9 Å². The van der Waals surface area contributed by atoms with Gasteiger partial charge < -0.3 is 5.11 Å². The van der Waals surface area contributed by atoms with Crippen molar-refractivity contribution >= 4 is 0 Å². The summed E-state index contributed by atoms with van der Waals surface area (Å²) in [4.78, 5) is 0. The number of nitrogens with zero attached hydrogens (tertiary/aromatic N) is 3. The molecule has 0 fully saturated rings. The zero-order valence-electron chi connectivity index (χ0n) is 9.68. The van der Waals surface area contributed by atoms with Crippen molar-refractivity contribution in [2.75, 3.05) is 0 Å². The van der Waals surface area contributed by atoms with Crippen LogP contribution in [0.4, 0.5) is 0 Å². The van der Waals surface area contributed by atoms with E-state index in [1.807, 2.05) is 26.0 Å². The first kappa shape index (κ1) is 10.8. The summed E-state index contributed by atoms with van der Waals surface area (Å²) in [5, 5.41) is 17.8. The number of aliphatic hydroxyl groups is 1. The molecule has 4 heteroatoms. The third kappa shape index (κ3) is 1.97. The van der Waals surface area contributed by atoms with Crippen molar-refractivity contribution < 1.29 is 5.11 Å². The first-order valence-electron chi connectivity index (χ1n) is 5.19. The lowest BCUT2D eigenvalue weighted by molar-refractivity contribution is 0.209. The molecule has 0 aliphatic rings. The number of aromatic nitrogens is 3. The number of aliphatic hydroxyl groups excluding tert-OH is 1. The Kier molecular flexibility index (Phi) is 2.75. The van der Waals surface area contributed by atoms with E-state index in [9.17, 15) is 5.11 Å². The second kappa shape index (κ2) is 4.06. The summed E-state index contributed by atoms with van der Waals surface area (Å²) in [5.74, 6) is 0. The van der Waals surface area contributed by atoms with Gasteiger partial charge in [0.2, 0.25) is 0 Å². The van der Waals surface area contributed by atoms with Crippen LogP contribution in [0.15, 0.2) is 24.4 Å². The second-order valence-corrected chi connectivity index (χ2v) is 4.11. The van der Waals surface area contributed by atoms with Crippen LogP contribution in [-0.4, -0.2) is 20.1 Å². The maximum atomic E-state index is 10.2. The predicted octanol–water partition coefficient (Wildman–Crippen LogP) is 1.51. The Morgan fingerprint density at radius 2 is 1.81 bits per heavy atom. The van der Waals surface area contributed by atoms with Gasteiger partial charge in [0, 0.05) is 7.05 Å². The lowest BCUT2D eigenvalue weighted by Crippen LogP contribution is -2.07. The smallest absolute Gasteiger partial charge is 0.122 e. The largest absolute Gasteiger partial charge is 0.382 e. The molecular weight excluding hydrogens is 202 g/mol. The van der Waals surface area contributed by atoms with E-state index >= 15 is 0 Å². The van der Waals surface area contributed by atoms with E-state index in [4.69, 9.17) is 0 Å². The SMILES string of the molecule is Cc1cc(C)cc(C(O)c2cnnn2C)c1. The highest BCUT2D eigenvalue weighted by atomic mass is 16.3. The topological polar surface area (TPSA) is 50.9 Å². The summed E-state index contributed by atoms with van der Waals surface area (Å²) in [6.45, 7) is 4.04. The molecule has 1 N–H and O–H groups in total. The van der Waals surface area contributed by atoms with E-state index < -0.39 is 6.10 Å². The van der Waals surface area contributed by atoms with Crippen LogP contribution < -0.4 is 0 Å². The minimum Gasteiger partial charge on any atom is -0.382 e. The van der Waals surface area contributed by atoms with Gasteiger partial charge in [0.15, 0.2) is 0 Å². The summed E-state index contributed by atoms with van der Waals surface area (Å²) in [6, 6.07) is 6.03.